The van der Waals surface area contributed by atoms with Crippen LogP contribution in [0.3, 0.4) is 0 Å². The third-order valence-corrected chi connectivity index (χ3v) is 6.02. The monoisotopic (exact) mass is 652 g/mol. The zero-order chi connectivity index (χ0) is 24.0. The second kappa shape index (κ2) is 23.9. The maximum absolute atomic E-state index is 13.4. The van der Waals surface area contributed by atoms with Gasteiger partial charge in [0, 0.05) is 13.2 Å². The van der Waals surface area contributed by atoms with Crippen molar-refractivity contribution in [3.8, 4) is 6.07 Å². The predicted octanol–water partition coefficient (Wildman–Crippen LogP) is 8.69. The van der Waals surface area contributed by atoms with E-state index in [1.54, 1.807) is 6.07 Å². The van der Waals surface area contributed by atoms with E-state index in [0.29, 0.717) is 17.7 Å². The number of rotatable bonds is 22. The summed E-state index contributed by atoms with van der Waals surface area (Å²) in [5.41, 5.74) is 0.937. The molecule has 0 aromatic heterocycles. The van der Waals surface area contributed by atoms with E-state index in [0.717, 1.165) is 13.0 Å². The normalized spacial score (nSPS) is 11.7. The zero-order valence-corrected chi connectivity index (χ0v) is 24.0. The SMILES string of the molecule is [CH2-][C@@H](COCCCCCCCCCCCCCCCCCC)OCc1cc(F)cc(C#N)c1.[Os+]. The fraction of sp³-hybridized carbons (Fsp3) is 0.724. The Morgan fingerprint density at radius 3 is 1.82 bits per heavy atom. The topological polar surface area (TPSA) is 42.2 Å². The van der Waals surface area contributed by atoms with E-state index < -0.39 is 5.82 Å². The van der Waals surface area contributed by atoms with Crippen molar-refractivity contribution >= 4 is 0 Å². The van der Waals surface area contributed by atoms with Gasteiger partial charge in [-0.2, -0.15) is 5.26 Å². The van der Waals surface area contributed by atoms with Gasteiger partial charge in [-0.3, -0.25) is 0 Å². The Balaban J connectivity index is 0.0000109. The van der Waals surface area contributed by atoms with Crippen LogP contribution in [-0.4, -0.2) is 19.3 Å². The molecular weight excluding hydrogens is 604 g/mol. The van der Waals surface area contributed by atoms with Gasteiger partial charge in [0.1, 0.15) is 5.82 Å². The van der Waals surface area contributed by atoms with Gasteiger partial charge in [0.05, 0.1) is 18.2 Å². The summed E-state index contributed by atoms with van der Waals surface area (Å²) in [5, 5.41) is 8.89. The minimum absolute atomic E-state index is 0. The van der Waals surface area contributed by atoms with Gasteiger partial charge < -0.3 is 16.4 Å². The smallest absolute Gasteiger partial charge is 0.403 e. The van der Waals surface area contributed by atoms with Crippen molar-refractivity contribution in [3.05, 3.63) is 42.1 Å². The Kier molecular flexibility index (Phi) is 23.4. The third kappa shape index (κ3) is 19.5. The summed E-state index contributed by atoms with van der Waals surface area (Å²) < 4.78 is 24.7. The van der Waals surface area contributed by atoms with Gasteiger partial charge in [-0.15, -0.1) is 0 Å². The number of nitrogens with zero attached hydrogens (tertiary/aromatic N) is 1. The molecule has 0 saturated carbocycles. The van der Waals surface area contributed by atoms with Crippen molar-refractivity contribution in [2.45, 2.75) is 122 Å². The molecule has 1 aromatic rings. The average molecular weight is 651 g/mol. The first-order chi connectivity index (χ1) is 16.2. The minimum atomic E-state index is -0.423. The zero-order valence-electron chi connectivity index (χ0n) is 21.4. The van der Waals surface area contributed by atoms with Crippen LogP contribution >= 0.6 is 0 Å². The molecule has 0 amide bonds. The number of unbranched alkanes of at least 4 members (excludes halogenated alkanes) is 15. The van der Waals surface area contributed by atoms with Crippen LogP contribution in [0, 0.1) is 24.1 Å². The van der Waals surface area contributed by atoms with E-state index in [4.69, 9.17) is 14.7 Å². The van der Waals surface area contributed by atoms with Crippen molar-refractivity contribution in [1.82, 2.24) is 0 Å². The molecule has 0 heterocycles. The second-order valence-electron chi connectivity index (χ2n) is 9.27. The summed E-state index contributed by atoms with van der Waals surface area (Å²) >= 11 is 0. The summed E-state index contributed by atoms with van der Waals surface area (Å²) in [6.45, 7) is 7.59. The van der Waals surface area contributed by atoms with Crippen molar-refractivity contribution < 1.29 is 33.7 Å². The average Bonchev–Trinajstić information content (AvgIpc) is 2.81. The number of hydrogen-bond donors (Lipinski definition) is 0. The molecular formula is C29H47FNO2Os. The molecule has 0 aliphatic carbocycles. The number of hydrogen-bond acceptors (Lipinski definition) is 3. The maximum Gasteiger partial charge on any atom is 1.00 e. The molecule has 0 aliphatic rings. The maximum atomic E-state index is 13.4. The van der Waals surface area contributed by atoms with Gasteiger partial charge in [0.2, 0.25) is 0 Å². The van der Waals surface area contributed by atoms with E-state index in [9.17, 15) is 4.39 Å². The van der Waals surface area contributed by atoms with Crippen LogP contribution < -0.4 is 0 Å². The van der Waals surface area contributed by atoms with Crippen molar-refractivity contribution in [2.24, 2.45) is 0 Å². The molecule has 1 aromatic carbocycles. The molecule has 1 rings (SSSR count). The van der Waals surface area contributed by atoms with Gasteiger partial charge >= 0.3 is 19.8 Å². The van der Waals surface area contributed by atoms with Crippen LogP contribution in [0.1, 0.15) is 121 Å². The van der Waals surface area contributed by atoms with E-state index in [1.165, 1.54) is 108 Å². The molecule has 195 valence electrons. The molecule has 1 radical (unpaired) electrons. The predicted molar refractivity (Wildman–Crippen MR) is 135 cm³/mol. The molecule has 1 atom stereocenters. The fourth-order valence-electron chi connectivity index (χ4n) is 4.03. The van der Waals surface area contributed by atoms with E-state index >= 15 is 0 Å². The van der Waals surface area contributed by atoms with E-state index in [1.807, 2.05) is 6.07 Å². The van der Waals surface area contributed by atoms with E-state index in [2.05, 4.69) is 13.8 Å². The molecule has 0 unspecified atom stereocenters. The molecule has 0 bridgehead atoms. The van der Waals surface area contributed by atoms with Crippen LogP contribution in [0.25, 0.3) is 0 Å². The number of ether oxygens (including phenoxy) is 2. The first kappa shape index (κ1) is 33.2. The molecule has 0 N–H and O–H groups in total. The van der Waals surface area contributed by atoms with Crippen LogP contribution in [0.2, 0.25) is 0 Å². The summed E-state index contributed by atoms with van der Waals surface area (Å²) in [4.78, 5) is 0. The Bertz CT molecular complexity index is 635. The summed E-state index contributed by atoms with van der Waals surface area (Å²) in [7, 11) is 0. The molecule has 0 saturated heterocycles. The molecule has 34 heavy (non-hydrogen) atoms. The van der Waals surface area contributed by atoms with Crippen molar-refractivity contribution in [3.63, 3.8) is 0 Å². The quantitative estimate of drug-likeness (QED) is 0.0932. The first-order valence-corrected chi connectivity index (χ1v) is 13.4. The Labute approximate surface area is 222 Å². The first-order valence-electron chi connectivity index (χ1n) is 13.4. The molecule has 0 spiro atoms. The number of halogens is 1. The fourth-order valence-corrected chi connectivity index (χ4v) is 4.03. The van der Waals surface area contributed by atoms with Gasteiger partial charge in [0.25, 0.3) is 0 Å². The number of benzene rings is 1. The molecule has 0 fully saturated rings. The summed E-state index contributed by atoms with van der Waals surface area (Å²) in [5.74, 6) is -0.423. The van der Waals surface area contributed by atoms with Crippen LogP contribution in [-0.2, 0) is 35.9 Å². The van der Waals surface area contributed by atoms with Crippen LogP contribution in [0.4, 0.5) is 4.39 Å². The second-order valence-corrected chi connectivity index (χ2v) is 9.27. The Morgan fingerprint density at radius 1 is 0.824 bits per heavy atom. The van der Waals surface area contributed by atoms with Gasteiger partial charge in [-0.1, -0.05) is 103 Å². The summed E-state index contributed by atoms with van der Waals surface area (Å²) in [6, 6.07) is 6.17. The summed E-state index contributed by atoms with van der Waals surface area (Å²) in [6.07, 6.45) is 21.5. The molecule has 0 aliphatic heterocycles. The Morgan fingerprint density at radius 2 is 1.32 bits per heavy atom. The van der Waals surface area contributed by atoms with E-state index in [-0.39, 0.29) is 32.5 Å². The van der Waals surface area contributed by atoms with Gasteiger partial charge in [-0.05, 0) is 36.3 Å². The Hall–Kier alpha value is -0.804. The van der Waals surface area contributed by atoms with Gasteiger partial charge in [-0.25, -0.2) is 4.39 Å². The van der Waals surface area contributed by atoms with Crippen LogP contribution in [0.5, 0.6) is 0 Å². The van der Waals surface area contributed by atoms with Crippen LogP contribution in [0.15, 0.2) is 18.2 Å². The molecule has 5 heteroatoms. The molecule has 3 nitrogen and oxygen atoms in total. The van der Waals surface area contributed by atoms with Gasteiger partial charge in [0.15, 0.2) is 0 Å². The minimum Gasteiger partial charge on any atom is -0.403 e. The van der Waals surface area contributed by atoms with Crippen molar-refractivity contribution in [2.75, 3.05) is 13.2 Å². The van der Waals surface area contributed by atoms with Crippen molar-refractivity contribution in [1.29, 1.82) is 5.26 Å². The third-order valence-electron chi connectivity index (χ3n) is 6.02. The largest absolute Gasteiger partial charge is 1.00 e. The number of nitriles is 1. The standard InChI is InChI=1S/C29H47FNO2.Os/c1-3-4-5-6-7-8-9-10-11-12-13-14-15-16-17-18-19-32-24-26(2)33-25-28-20-27(23-31)21-29(30)22-28;/h20-22,26H,2-19,24-25H2,1H3;/q-1;+1/t26-;/m0./s1.